The monoisotopic (exact) mass is 378 g/mol. The Labute approximate surface area is 155 Å². The van der Waals surface area contributed by atoms with Crippen LogP contribution in [-0.4, -0.2) is 34.4 Å². The van der Waals surface area contributed by atoms with Gasteiger partial charge in [0, 0.05) is 35.1 Å². The molecule has 134 valence electrons. The summed E-state index contributed by atoms with van der Waals surface area (Å²) in [4.78, 5) is 12.1. The zero-order valence-electron chi connectivity index (χ0n) is 14.7. The van der Waals surface area contributed by atoms with Gasteiger partial charge in [0.15, 0.2) is 5.60 Å². The summed E-state index contributed by atoms with van der Waals surface area (Å²) in [5, 5.41) is 0. The van der Waals surface area contributed by atoms with Gasteiger partial charge in [-0.3, -0.25) is 9.00 Å². The first-order valence-corrected chi connectivity index (χ1v) is 10.6. The van der Waals surface area contributed by atoms with Crippen molar-refractivity contribution in [2.24, 2.45) is 0 Å². The summed E-state index contributed by atoms with van der Waals surface area (Å²) >= 11 is 1.40. The van der Waals surface area contributed by atoms with E-state index in [4.69, 9.17) is 9.47 Å². The number of esters is 1. The van der Waals surface area contributed by atoms with Crippen molar-refractivity contribution in [1.29, 1.82) is 0 Å². The molecule has 0 fully saturated rings. The summed E-state index contributed by atoms with van der Waals surface area (Å²) in [5.41, 5.74) is 0.205. The average Bonchev–Trinajstić information content (AvgIpc) is 2.61. The molecule has 4 nitrogen and oxygen atoms in total. The number of methoxy groups -OCH3 is 1. The molecular formula is C19H22O4S2. The van der Waals surface area contributed by atoms with Crippen LogP contribution in [0.1, 0.15) is 18.1 Å². The predicted molar refractivity (Wildman–Crippen MR) is 103 cm³/mol. The Morgan fingerprint density at radius 2 is 1.72 bits per heavy atom. The van der Waals surface area contributed by atoms with Crippen LogP contribution in [0.15, 0.2) is 54.6 Å². The minimum Gasteiger partial charge on any atom is -0.496 e. The molecule has 0 amide bonds. The van der Waals surface area contributed by atoms with Crippen molar-refractivity contribution in [2.45, 2.75) is 17.1 Å². The molecule has 0 saturated carbocycles. The Kier molecular flexibility index (Phi) is 6.67. The lowest BCUT2D eigenvalue weighted by Gasteiger charge is -2.39. The molecule has 0 N–H and O–H groups in total. The smallest absolute Gasteiger partial charge is 0.303 e. The summed E-state index contributed by atoms with van der Waals surface area (Å²) < 4.78 is 23.6. The number of benzene rings is 2. The van der Waals surface area contributed by atoms with E-state index >= 15 is 0 Å². The fraction of sp³-hybridized carbons (Fsp3) is 0.316. The molecule has 25 heavy (non-hydrogen) atoms. The SMILES string of the molecule is COc1ccccc1C(OC(C)=O)(c1ccccc1)C(SC)S(C)=O. The van der Waals surface area contributed by atoms with E-state index in [0.29, 0.717) is 11.3 Å². The number of para-hydroxylation sites is 1. The number of rotatable bonds is 7. The highest BCUT2D eigenvalue weighted by Gasteiger charge is 2.49. The second kappa shape index (κ2) is 8.54. The molecule has 3 unspecified atom stereocenters. The highest BCUT2D eigenvalue weighted by atomic mass is 32.2. The van der Waals surface area contributed by atoms with Gasteiger partial charge in [0.25, 0.3) is 0 Å². The average molecular weight is 379 g/mol. The minimum atomic E-state index is -1.27. The van der Waals surface area contributed by atoms with E-state index in [1.54, 1.807) is 13.4 Å². The van der Waals surface area contributed by atoms with Crippen LogP contribution in [0.3, 0.4) is 0 Å². The normalized spacial score (nSPS) is 15.7. The summed E-state index contributed by atoms with van der Waals surface area (Å²) in [6.45, 7) is 1.36. The largest absolute Gasteiger partial charge is 0.496 e. The number of hydrogen-bond acceptors (Lipinski definition) is 5. The first kappa shape index (κ1) is 19.5. The third-order valence-electron chi connectivity index (χ3n) is 3.86. The fourth-order valence-electron chi connectivity index (χ4n) is 2.98. The minimum absolute atomic E-state index is 0.445. The van der Waals surface area contributed by atoms with Crippen LogP contribution in [0, 0.1) is 0 Å². The number of thioether (sulfide) groups is 1. The molecule has 0 radical (unpaired) electrons. The first-order chi connectivity index (χ1) is 12.0. The Morgan fingerprint density at radius 3 is 2.24 bits per heavy atom. The highest BCUT2D eigenvalue weighted by Crippen LogP contribution is 2.46. The van der Waals surface area contributed by atoms with Gasteiger partial charge in [0.2, 0.25) is 0 Å². The van der Waals surface area contributed by atoms with Gasteiger partial charge in [0.1, 0.15) is 10.3 Å². The number of carbonyl (C=O) groups excluding carboxylic acids is 1. The van der Waals surface area contributed by atoms with E-state index in [2.05, 4.69) is 0 Å². The van der Waals surface area contributed by atoms with E-state index in [0.717, 1.165) is 5.56 Å². The molecule has 0 heterocycles. The summed E-state index contributed by atoms with van der Waals surface area (Å²) in [5.74, 6) is 0.136. The molecule has 3 atom stereocenters. The topological polar surface area (TPSA) is 52.6 Å². The number of carbonyl (C=O) groups is 1. The van der Waals surface area contributed by atoms with E-state index in [-0.39, 0.29) is 0 Å². The molecule has 0 spiro atoms. The van der Waals surface area contributed by atoms with E-state index in [1.165, 1.54) is 18.7 Å². The van der Waals surface area contributed by atoms with Crippen LogP contribution in [0.2, 0.25) is 0 Å². The molecule has 0 bridgehead atoms. The summed E-state index contributed by atoms with van der Waals surface area (Å²) in [6.07, 6.45) is 3.49. The molecule has 0 aliphatic rings. The van der Waals surface area contributed by atoms with Crippen molar-refractivity contribution < 1.29 is 18.5 Å². The van der Waals surface area contributed by atoms with Crippen molar-refractivity contribution in [2.75, 3.05) is 19.6 Å². The molecular weight excluding hydrogens is 356 g/mol. The zero-order chi connectivity index (χ0) is 18.4. The lowest BCUT2D eigenvalue weighted by atomic mass is 9.86. The molecule has 0 aliphatic heterocycles. The Hall–Kier alpha value is -1.79. The van der Waals surface area contributed by atoms with Crippen LogP contribution in [0.4, 0.5) is 0 Å². The Morgan fingerprint density at radius 1 is 1.12 bits per heavy atom. The molecule has 0 aromatic heterocycles. The maximum Gasteiger partial charge on any atom is 0.303 e. The quantitative estimate of drug-likeness (QED) is 0.690. The number of ether oxygens (including phenoxy) is 2. The lowest BCUT2D eigenvalue weighted by molar-refractivity contribution is -0.152. The second-order valence-electron chi connectivity index (χ2n) is 5.46. The van der Waals surface area contributed by atoms with Gasteiger partial charge in [-0.2, -0.15) is 0 Å². The van der Waals surface area contributed by atoms with Gasteiger partial charge < -0.3 is 9.47 Å². The summed E-state index contributed by atoms with van der Waals surface area (Å²) in [7, 11) is 0.299. The molecule has 2 aromatic carbocycles. The molecule has 2 aromatic rings. The molecule has 2 rings (SSSR count). The Balaban J connectivity index is 2.88. The molecule has 6 heteroatoms. The molecule has 0 saturated heterocycles. The predicted octanol–water partition coefficient (Wildman–Crippen LogP) is 3.57. The van der Waals surface area contributed by atoms with Gasteiger partial charge in [0.05, 0.1) is 7.11 Å². The van der Waals surface area contributed by atoms with Crippen molar-refractivity contribution in [3.63, 3.8) is 0 Å². The maximum atomic E-state index is 12.6. The summed E-state index contributed by atoms with van der Waals surface area (Å²) in [6, 6.07) is 16.8. The highest BCUT2D eigenvalue weighted by molar-refractivity contribution is 8.10. The van der Waals surface area contributed by atoms with Crippen LogP contribution in [0.25, 0.3) is 0 Å². The van der Waals surface area contributed by atoms with Gasteiger partial charge in [-0.1, -0.05) is 48.5 Å². The van der Waals surface area contributed by atoms with E-state index in [1.807, 2.05) is 60.9 Å². The third kappa shape index (κ3) is 3.90. The van der Waals surface area contributed by atoms with Gasteiger partial charge in [-0.05, 0) is 12.3 Å². The molecule has 0 aliphatic carbocycles. The van der Waals surface area contributed by atoms with E-state index in [9.17, 15) is 9.00 Å². The van der Waals surface area contributed by atoms with E-state index < -0.39 is 27.0 Å². The van der Waals surface area contributed by atoms with Crippen molar-refractivity contribution in [3.05, 3.63) is 65.7 Å². The van der Waals surface area contributed by atoms with Gasteiger partial charge in [-0.15, -0.1) is 11.8 Å². The lowest BCUT2D eigenvalue weighted by Crippen LogP contribution is -2.45. The maximum absolute atomic E-state index is 12.6. The standard InChI is InChI=1S/C19H22O4S2/c1-14(20)23-19(18(24-3)25(4)21,15-10-6-5-7-11-15)16-12-8-9-13-17(16)22-2/h5-13,18H,1-4H3. The Bertz CT molecular complexity index is 748. The van der Waals surface area contributed by atoms with Gasteiger partial charge >= 0.3 is 5.97 Å². The third-order valence-corrected chi connectivity index (χ3v) is 6.95. The first-order valence-electron chi connectivity index (χ1n) is 7.71. The van der Waals surface area contributed by atoms with Crippen molar-refractivity contribution in [3.8, 4) is 5.75 Å². The second-order valence-corrected chi connectivity index (χ2v) is 8.17. The fourth-order valence-corrected chi connectivity index (χ4v) is 5.49. The van der Waals surface area contributed by atoms with Crippen molar-refractivity contribution >= 4 is 28.5 Å². The van der Waals surface area contributed by atoms with Crippen LogP contribution >= 0.6 is 11.8 Å². The van der Waals surface area contributed by atoms with Gasteiger partial charge in [-0.25, -0.2) is 0 Å². The van der Waals surface area contributed by atoms with Crippen LogP contribution in [0.5, 0.6) is 5.75 Å². The zero-order valence-corrected chi connectivity index (χ0v) is 16.4. The number of hydrogen-bond donors (Lipinski definition) is 0. The van der Waals surface area contributed by atoms with Crippen molar-refractivity contribution in [1.82, 2.24) is 0 Å². The van der Waals surface area contributed by atoms with Crippen LogP contribution < -0.4 is 4.74 Å². The van der Waals surface area contributed by atoms with Crippen LogP contribution in [-0.2, 0) is 25.9 Å².